The van der Waals surface area contributed by atoms with Gasteiger partial charge in [-0.2, -0.15) is 0 Å². The molecular formula is C21H22N4O3S. The van der Waals surface area contributed by atoms with Crippen LogP contribution in [0.4, 0.5) is 5.13 Å². The molecule has 150 valence electrons. The van der Waals surface area contributed by atoms with Crippen molar-refractivity contribution in [1.29, 1.82) is 0 Å². The second-order valence-corrected chi connectivity index (χ2v) is 7.31. The van der Waals surface area contributed by atoms with E-state index in [1.165, 1.54) is 11.3 Å². The van der Waals surface area contributed by atoms with Gasteiger partial charge in [-0.25, -0.2) is 4.98 Å². The molecule has 3 rings (SSSR count). The van der Waals surface area contributed by atoms with Crippen molar-refractivity contribution in [3.8, 4) is 17.0 Å². The van der Waals surface area contributed by atoms with Crippen LogP contribution in [0.5, 0.6) is 5.75 Å². The number of amides is 2. The molecule has 0 saturated carbocycles. The summed E-state index contributed by atoms with van der Waals surface area (Å²) < 4.78 is 7.36. The number of allylic oxidation sites excluding steroid dienone is 1. The minimum absolute atomic E-state index is 0.207. The average molecular weight is 410 g/mol. The number of rotatable bonds is 8. The SMILES string of the molecule is C=CCn1c(C)cc(-c2csc(NC(=O)c3ccc(OCC(N)=O)cc3)n2)c1C. The van der Waals surface area contributed by atoms with E-state index >= 15 is 0 Å². The number of aryl methyl sites for hydroxylation is 1. The minimum atomic E-state index is -0.559. The van der Waals surface area contributed by atoms with Gasteiger partial charge in [-0.05, 0) is 44.2 Å². The Morgan fingerprint density at radius 2 is 2.03 bits per heavy atom. The van der Waals surface area contributed by atoms with Crippen LogP contribution in [0, 0.1) is 13.8 Å². The molecule has 0 aliphatic carbocycles. The summed E-state index contributed by atoms with van der Waals surface area (Å²) in [5.41, 5.74) is 9.60. The molecule has 0 aliphatic heterocycles. The quantitative estimate of drug-likeness (QED) is 0.555. The van der Waals surface area contributed by atoms with E-state index in [1.54, 1.807) is 24.3 Å². The highest BCUT2D eigenvalue weighted by Crippen LogP contribution is 2.30. The summed E-state index contributed by atoms with van der Waals surface area (Å²) in [6.07, 6.45) is 1.86. The molecule has 0 fully saturated rings. The number of hydrogen-bond donors (Lipinski definition) is 2. The van der Waals surface area contributed by atoms with Crippen LogP contribution in [0.2, 0.25) is 0 Å². The number of carbonyl (C=O) groups is 2. The highest BCUT2D eigenvalue weighted by Gasteiger charge is 2.15. The topological polar surface area (TPSA) is 99.2 Å². The molecule has 8 heteroatoms. The molecule has 0 atom stereocenters. The lowest BCUT2D eigenvalue weighted by atomic mass is 10.2. The van der Waals surface area contributed by atoms with Gasteiger partial charge in [0, 0.05) is 34.4 Å². The van der Waals surface area contributed by atoms with Crippen molar-refractivity contribution in [1.82, 2.24) is 9.55 Å². The molecule has 2 aromatic heterocycles. The second kappa shape index (κ2) is 8.74. The highest BCUT2D eigenvalue weighted by molar-refractivity contribution is 7.14. The van der Waals surface area contributed by atoms with Gasteiger partial charge in [-0.1, -0.05) is 6.08 Å². The summed E-state index contributed by atoms with van der Waals surface area (Å²) in [5, 5.41) is 5.26. The zero-order chi connectivity index (χ0) is 21.0. The number of benzene rings is 1. The smallest absolute Gasteiger partial charge is 0.257 e. The van der Waals surface area contributed by atoms with Gasteiger partial charge in [0.15, 0.2) is 11.7 Å². The molecule has 2 heterocycles. The first kappa shape index (κ1) is 20.3. The predicted molar refractivity (Wildman–Crippen MR) is 114 cm³/mol. The van der Waals surface area contributed by atoms with Crippen LogP contribution in [0.25, 0.3) is 11.3 Å². The van der Waals surface area contributed by atoms with Crippen LogP contribution in [0.3, 0.4) is 0 Å². The van der Waals surface area contributed by atoms with Gasteiger partial charge in [0.05, 0.1) is 5.69 Å². The molecule has 2 amide bonds. The summed E-state index contributed by atoms with van der Waals surface area (Å²) in [5.74, 6) is -0.368. The Balaban J connectivity index is 1.70. The fraction of sp³-hybridized carbons (Fsp3) is 0.190. The Bertz CT molecular complexity index is 1050. The number of ether oxygens (including phenoxy) is 1. The minimum Gasteiger partial charge on any atom is -0.484 e. The highest BCUT2D eigenvalue weighted by atomic mass is 32.1. The molecule has 1 aromatic carbocycles. The second-order valence-electron chi connectivity index (χ2n) is 6.46. The molecule has 29 heavy (non-hydrogen) atoms. The maximum Gasteiger partial charge on any atom is 0.257 e. The van der Waals surface area contributed by atoms with Gasteiger partial charge in [0.2, 0.25) is 0 Å². The predicted octanol–water partition coefficient (Wildman–Crippen LogP) is 3.53. The Labute approximate surface area is 172 Å². The van der Waals surface area contributed by atoms with Crippen molar-refractivity contribution in [3.63, 3.8) is 0 Å². The van der Waals surface area contributed by atoms with Crippen molar-refractivity contribution >= 4 is 28.3 Å². The largest absolute Gasteiger partial charge is 0.484 e. The molecule has 0 radical (unpaired) electrons. The van der Waals surface area contributed by atoms with E-state index in [1.807, 2.05) is 25.3 Å². The molecular weight excluding hydrogens is 388 g/mol. The average Bonchev–Trinajstić information content (AvgIpc) is 3.26. The molecule has 0 aliphatic rings. The van der Waals surface area contributed by atoms with Crippen LogP contribution in [-0.4, -0.2) is 28.0 Å². The van der Waals surface area contributed by atoms with Gasteiger partial charge < -0.3 is 15.0 Å². The normalized spacial score (nSPS) is 10.6. The summed E-state index contributed by atoms with van der Waals surface area (Å²) in [6.45, 7) is 8.43. The first-order valence-electron chi connectivity index (χ1n) is 8.95. The number of aromatic nitrogens is 2. The van der Waals surface area contributed by atoms with Gasteiger partial charge >= 0.3 is 0 Å². The van der Waals surface area contributed by atoms with Crippen molar-refractivity contribution in [2.75, 3.05) is 11.9 Å². The van der Waals surface area contributed by atoms with E-state index in [4.69, 9.17) is 10.5 Å². The van der Waals surface area contributed by atoms with E-state index in [0.29, 0.717) is 16.4 Å². The van der Waals surface area contributed by atoms with Crippen molar-refractivity contribution in [2.24, 2.45) is 5.73 Å². The number of primary amides is 1. The lowest BCUT2D eigenvalue weighted by molar-refractivity contribution is -0.119. The number of nitrogens with one attached hydrogen (secondary N) is 1. The number of nitrogens with zero attached hydrogens (tertiary/aromatic N) is 2. The third kappa shape index (κ3) is 4.72. The molecule has 0 bridgehead atoms. The maximum atomic E-state index is 12.5. The van der Waals surface area contributed by atoms with E-state index in [0.717, 1.165) is 29.2 Å². The summed E-state index contributed by atoms with van der Waals surface area (Å²) in [6, 6.07) is 8.54. The Morgan fingerprint density at radius 1 is 1.31 bits per heavy atom. The fourth-order valence-corrected chi connectivity index (χ4v) is 3.66. The Hall–Kier alpha value is -3.39. The van der Waals surface area contributed by atoms with Crippen molar-refractivity contribution < 1.29 is 14.3 Å². The number of anilines is 1. The fourth-order valence-electron chi connectivity index (χ4n) is 2.95. The lowest BCUT2D eigenvalue weighted by Gasteiger charge is -2.06. The summed E-state index contributed by atoms with van der Waals surface area (Å²) >= 11 is 1.37. The zero-order valence-corrected chi connectivity index (χ0v) is 17.1. The van der Waals surface area contributed by atoms with E-state index in [2.05, 4.69) is 27.5 Å². The van der Waals surface area contributed by atoms with Crippen LogP contribution in [-0.2, 0) is 11.3 Å². The van der Waals surface area contributed by atoms with E-state index in [9.17, 15) is 9.59 Å². The van der Waals surface area contributed by atoms with Crippen molar-refractivity contribution in [2.45, 2.75) is 20.4 Å². The molecule has 3 aromatic rings. The van der Waals surface area contributed by atoms with Crippen LogP contribution >= 0.6 is 11.3 Å². The summed E-state index contributed by atoms with van der Waals surface area (Å²) in [4.78, 5) is 27.8. The van der Waals surface area contributed by atoms with E-state index < -0.39 is 5.91 Å². The Morgan fingerprint density at radius 3 is 2.69 bits per heavy atom. The Kier molecular flexibility index (Phi) is 6.13. The zero-order valence-electron chi connectivity index (χ0n) is 16.3. The van der Waals surface area contributed by atoms with Crippen molar-refractivity contribution in [3.05, 3.63) is 65.3 Å². The standard InChI is InChI=1S/C21H22N4O3S/c1-4-9-25-13(2)10-17(14(25)3)18-12-29-21(23-18)24-20(27)15-5-7-16(8-6-15)28-11-19(22)26/h4-8,10,12H,1,9,11H2,2-3H3,(H2,22,26)(H,23,24,27). The molecule has 0 spiro atoms. The first-order chi connectivity index (χ1) is 13.9. The molecule has 0 saturated heterocycles. The third-order valence-corrected chi connectivity index (χ3v) is 5.14. The van der Waals surface area contributed by atoms with Crippen LogP contribution < -0.4 is 15.8 Å². The molecule has 7 nitrogen and oxygen atoms in total. The van der Waals surface area contributed by atoms with E-state index in [-0.39, 0.29) is 12.5 Å². The van der Waals surface area contributed by atoms with Gasteiger partial charge in [0.1, 0.15) is 5.75 Å². The van der Waals surface area contributed by atoms with Gasteiger partial charge in [0.25, 0.3) is 11.8 Å². The van der Waals surface area contributed by atoms with Gasteiger partial charge in [-0.3, -0.25) is 14.9 Å². The summed E-state index contributed by atoms with van der Waals surface area (Å²) in [7, 11) is 0. The number of carbonyl (C=O) groups excluding carboxylic acids is 2. The lowest BCUT2D eigenvalue weighted by Crippen LogP contribution is -2.20. The van der Waals surface area contributed by atoms with Crippen LogP contribution in [0.1, 0.15) is 21.7 Å². The van der Waals surface area contributed by atoms with Crippen LogP contribution in [0.15, 0.2) is 48.4 Å². The number of hydrogen-bond acceptors (Lipinski definition) is 5. The third-order valence-electron chi connectivity index (χ3n) is 4.38. The molecule has 3 N–H and O–H groups in total. The first-order valence-corrected chi connectivity index (χ1v) is 9.83. The maximum absolute atomic E-state index is 12.5. The monoisotopic (exact) mass is 410 g/mol. The van der Waals surface area contributed by atoms with Gasteiger partial charge in [-0.15, -0.1) is 17.9 Å². The molecule has 0 unspecified atom stereocenters. The number of thiazole rings is 1. The number of nitrogens with two attached hydrogens (primary N) is 1.